The van der Waals surface area contributed by atoms with Crippen molar-refractivity contribution in [3.63, 3.8) is 0 Å². The second-order valence-electron chi connectivity index (χ2n) is 5.29. The molecule has 0 saturated carbocycles. The summed E-state index contributed by atoms with van der Waals surface area (Å²) in [4.78, 5) is 12.6. The van der Waals surface area contributed by atoms with Gasteiger partial charge >= 0.3 is 6.18 Å². The third kappa shape index (κ3) is 3.54. The Morgan fingerprint density at radius 1 is 1.08 bits per heavy atom. The number of halogens is 5. The van der Waals surface area contributed by atoms with E-state index < -0.39 is 23.4 Å². The van der Waals surface area contributed by atoms with Gasteiger partial charge in [0.25, 0.3) is 5.91 Å². The topological polar surface area (TPSA) is 52.9 Å². The van der Waals surface area contributed by atoms with Gasteiger partial charge in [-0.15, -0.1) is 0 Å². The van der Waals surface area contributed by atoms with Crippen LogP contribution >= 0.6 is 31.9 Å². The number of phenols is 1. The van der Waals surface area contributed by atoms with Crippen LogP contribution in [0.25, 0.3) is 6.08 Å². The molecule has 0 spiro atoms. The van der Waals surface area contributed by atoms with Crippen molar-refractivity contribution in [2.24, 2.45) is 5.10 Å². The number of rotatable bonds is 2. The van der Waals surface area contributed by atoms with Crippen LogP contribution in [0.1, 0.15) is 5.56 Å². The molecule has 1 amide bonds. The summed E-state index contributed by atoms with van der Waals surface area (Å²) in [6, 6.07) is 10.7. The van der Waals surface area contributed by atoms with Gasteiger partial charge in [-0.3, -0.25) is 4.79 Å². The lowest BCUT2D eigenvalue weighted by atomic mass is 10.1. The van der Waals surface area contributed by atoms with E-state index in [0.717, 1.165) is 11.1 Å². The number of aromatic hydroxyl groups is 1. The molecule has 0 fully saturated rings. The van der Waals surface area contributed by atoms with Crippen LogP contribution in [0.15, 0.2) is 62.1 Å². The number of alkyl halides is 3. The van der Waals surface area contributed by atoms with E-state index in [1.54, 1.807) is 18.2 Å². The first-order chi connectivity index (χ1) is 12.2. The van der Waals surface area contributed by atoms with E-state index in [9.17, 15) is 23.1 Å². The number of hydrogen-bond donors (Lipinski definition) is 1. The summed E-state index contributed by atoms with van der Waals surface area (Å²) in [6.07, 6.45) is -3.71. The summed E-state index contributed by atoms with van der Waals surface area (Å²) in [5, 5.41) is 13.9. The smallest absolute Gasteiger partial charge is 0.435 e. The maximum absolute atomic E-state index is 13.4. The Balaban J connectivity index is 2.11. The van der Waals surface area contributed by atoms with Gasteiger partial charge in [0.1, 0.15) is 5.75 Å². The number of amides is 1. The van der Waals surface area contributed by atoms with Gasteiger partial charge < -0.3 is 5.11 Å². The summed E-state index contributed by atoms with van der Waals surface area (Å²) in [5.74, 6) is -0.982. The van der Waals surface area contributed by atoms with E-state index in [-0.39, 0.29) is 25.9 Å². The Hall–Kier alpha value is -2.13. The molecule has 0 radical (unpaired) electrons. The summed E-state index contributed by atoms with van der Waals surface area (Å²) >= 11 is 6.22. The van der Waals surface area contributed by atoms with E-state index >= 15 is 0 Å². The highest BCUT2D eigenvalue weighted by molar-refractivity contribution is 9.11. The first-order valence-electron chi connectivity index (χ1n) is 7.14. The van der Waals surface area contributed by atoms with E-state index in [2.05, 4.69) is 37.0 Å². The highest BCUT2D eigenvalue weighted by atomic mass is 79.9. The van der Waals surface area contributed by atoms with Gasteiger partial charge in [0.05, 0.1) is 20.2 Å². The molecule has 0 bridgehead atoms. The molecule has 0 aliphatic carbocycles. The quantitative estimate of drug-likeness (QED) is 0.584. The SMILES string of the molecule is O=C1/C(=C\c2cc(Br)c(O)c(Br)c2)C(C(F)(F)F)=NN1c1ccccc1. The van der Waals surface area contributed by atoms with Gasteiger partial charge in [-0.2, -0.15) is 23.3 Å². The first-order valence-corrected chi connectivity index (χ1v) is 8.72. The lowest BCUT2D eigenvalue weighted by molar-refractivity contribution is -0.114. The molecule has 1 aliphatic heterocycles. The molecule has 1 heterocycles. The van der Waals surface area contributed by atoms with Gasteiger partial charge in [0.2, 0.25) is 0 Å². The number of phenolic OH excluding ortho intramolecular Hbond substituents is 1. The Kier molecular flexibility index (Phi) is 4.94. The molecule has 0 atom stereocenters. The zero-order valence-corrected chi connectivity index (χ0v) is 15.9. The van der Waals surface area contributed by atoms with Crippen LogP contribution < -0.4 is 5.01 Å². The first kappa shape index (κ1) is 18.7. The van der Waals surface area contributed by atoms with E-state index in [0.29, 0.717) is 0 Å². The van der Waals surface area contributed by atoms with Crippen molar-refractivity contribution in [1.29, 1.82) is 0 Å². The molecule has 1 N–H and O–H groups in total. The lowest BCUT2D eigenvalue weighted by Gasteiger charge is -2.11. The standard InChI is InChI=1S/C17H9Br2F3N2O2/c18-12-7-9(8-13(19)14(12)25)6-11-15(17(20,21)22)23-24(16(11)26)10-4-2-1-3-5-10/h1-8,25H/b11-6-. The van der Waals surface area contributed by atoms with Crippen LogP contribution in [0.3, 0.4) is 0 Å². The number of para-hydroxylation sites is 1. The van der Waals surface area contributed by atoms with Crippen molar-refractivity contribution in [3.05, 3.63) is 62.5 Å². The van der Waals surface area contributed by atoms with Gasteiger partial charge in [-0.25, -0.2) is 0 Å². The molecule has 134 valence electrons. The monoisotopic (exact) mass is 488 g/mol. The minimum absolute atomic E-state index is 0.0967. The number of anilines is 1. The molecule has 4 nitrogen and oxygen atoms in total. The van der Waals surface area contributed by atoms with Crippen LogP contribution in [0, 0.1) is 0 Å². The largest absolute Gasteiger partial charge is 0.506 e. The van der Waals surface area contributed by atoms with Crippen LogP contribution in [0.2, 0.25) is 0 Å². The van der Waals surface area contributed by atoms with Crippen molar-refractivity contribution >= 4 is 55.2 Å². The van der Waals surface area contributed by atoms with E-state index in [1.807, 2.05) is 0 Å². The zero-order chi connectivity index (χ0) is 19.1. The third-order valence-corrected chi connectivity index (χ3v) is 4.71. The van der Waals surface area contributed by atoms with Crippen LogP contribution in [0.5, 0.6) is 5.75 Å². The Morgan fingerprint density at radius 3 is 2.19 bits per heavy atom. The predicted octanol–water partition coefficient (Wildman–Crippen LogP) is 5.27. The average Bonchev–Trinajstić information content (AvgIpc) is 2.90. The highest BCUT2D eigenvalue weighted by Crippen LogP contribution is 2.36. The van der Waals surface area contributed by atoms with Crippen molar-refractivity contribution in [1.82, 2.24) is 0 Å². The molecule has 9 heteroatoms. The van der Waals surface area contributed by atoms with Crippen LogP contribution in [-0.4, -0.2) is 22.9 Å². The number of hydrazone groups is 1. The van der Waals surface area contributed by atoms with E-state index in [1.165, 1.54) is 24.3 Å². The molecule has 2 aromatic rings. The van der Waals surface area contributed by atoms with E-state index in [4.69, 9.17) is 0 Å². The molecule has 26 heavy (non-hydrogen) atoms. The predicted molar refractivity (Wildman–Crippen MR) is 98.9 cm³/mol. The molecular weight excluding hydrogens is 481 g/mol. The summed E-state index contributed by atoms with van der Waals surface area (Å²) in [5.41, 5.74) is -1.33. The van der Waals surface area contributed by atoms with Gasteiger partial charge in [0.15, 0.2) is 5.71 Å². The third-order valence-electron chi connectivity index (χ3n) is 3.50. The molecule has 0 unspecified atom stereocenters. The molecular formula is C17H9Br2F3N2O2. The number of benzene rings is 2. The number of nitrogens with zero attached hydrogens (tertiary/aromatic N) is 2. The molecule has 2 aromatic carbocycles. The number of carbonyl (C=O) groups is 1. The fraction of sp³-hybridized carbons (Fsp3) is 0.0588. The summed E-state index contributed by atoms with van der Waals surface area (Å²) in [6.45, 7) is 0. The molecule has 3 rings (SSSR count). The van der Waals surface area contributed by atoms with Gasteiger partial charge in [0, 0.05) is 0 Å². The minimum atomic E-state index is -4.80. The van der Waals surface area contributed by atoms with Gasteiger partial charge in [-0.1, -0.05) is 18.2 Å². The number of carbonyl (C=O) groups excluding carboxylic acids is 1. The normalized spacial score (nSPS) is 16.3. The van der Waals surface area contributed by atoms with Crippen molar-refractivity contribution in [2.45, 2.75) is 6.18 Å². The second kappa shape index (κ2) is 6.88. The zero-order valence-electron chi connectivity index (χ0n) is 12.8. The molecule has 0 saturated heterocycles. The molecule has 1 aliphatic rings. The lowest BCUT2D eigenvalue weighted by Crippen LogP contribution is -2.25. The van der Waals surface area contributed by atoms with Crippen LogP contribution in [0.4, 0.5) is 18.9 Å². The Bertz CT molecular complexity index is 918. The fourth-order valence-corrected chi connectivity index (χ4v) is 3.56. The Morgan fingerprint density at radius 2 is 1.65 bits per heavy atom. The second-order valence-corrected chi connectivity index (χ2v) is 7.00. The van der Waals surface area contributed by atoms with Crippen molar-refractivity contribution in [2.75, 3.05) is 5.01 Å². The summed E-state index contributed by atoms with van der Waals surface area (Å²) in [7, 11) is 0. The maximum Gasteiger partial charge on any atom is 0.435 e. The molecule has 0 aromatic heterocycles. The fourth-order valence-electron chi connectivity index (χ4n) is 2.33. The summed E-state index contributed by atoms with van der Waals surface area (Å²) < 4.78 is 40.7. The highest BCUT2D eigenvalue weighted by Gasteiger charge is 2.46. The maximum atomic E-state index is 13.4. The van der Waals surface area contributed by atoms with Crippen molar-refractivity contribution in [3.8, 4) is 5.75 Å². The van der Waals surface area contributed by atoms with Crippen molar-refractivity contribution < 1.29 is 23.1 Å². The number of hydrogen-bond acceptors (Lipinski definition) is 3. The van der Waals surface area contributed by atoms with Crippen LogP contribution in [-0.2, 0) is 4.79 Å². The minimum Gasteiger partial charge on any atom is -0.506 e. The van der Waals surface area contributed by atoms with Gasteiger partial charge in [-0.05, 0) is 67.8 Å². The average molecular weight is 490 g/mol. The Labute approximate surface area is 162 Å².